The molecule has 6 N–H and O–H groups in total. The van der Waals surface area contributed by atoms with Gasteiger partial charge in [-0.15, -0.1) is 5.10 Å². The third-order valence-electron chi connectivity index (χ3n) is 5.91. The molecule has 35 heavy (non-hydrogen) atoms. The highest BCUT2D eigenvalue weighted by atomic mass is 16.2. The number of fused-ring (bicyclic) bond motifs is 1. The van der Waals surface area contributed by atoms with E-state index in [1.165, 1.54) is 42.8 Å². The largest absolute Gasteiger partial charge is 0.382 e. The molecule has 0 aliphatic heterocycles. The van der Waals surface area contributed by atoms with Gasteiger partial charge in [0, 0.05) is 35.9 Å². The number of nitrogen functional groups attached to an aromatic ring is 1. The number of pyridine rings is 2. The standard InChI is InChI=1S/C19H18N8O.C6H13N/c1-11-3-4-15(22-9-11)25-16-12(2)17(20)26-27-14(10-23-18(16)27)19(28)24-13-5-7-21-8-6-13;7-6-4-2-1-3-5-6/h3-10H,1-2H3,(H2,20,26)(H,22,25)(H,21,24,28);6H,1-5,7H2. The molecule has 0 saturated heterocycles. The van der Waals surface area contributed by atoms with E-state index in [1.807, 2.05) is 26.0 Å². The van der Waals surface area contributed by atoms with Crippen LogP contribution < -0.4 is 22.1 Å². The zero-order valence-electron chi connectivity index (χ0n) is 20.0. The van der Waals surface area contributed by atoms with Gasteiger partial charge < -0.3 is 22.1 Å². The zero-order valence-corrected chi connectivity index (χ0v) is 20.0. The van der Waals surface area contributed by atoms with Gasteiger partial charge in [-0.1, -0.05) is 25.3 Å². The lowest BCUT2D eigenvalue weighted by molar-refractivity contribution is 0.102. The van der Waals surface area contributed by atoms with Crippen molar-refractivity contribution in [3.05, 3.63) is 65.9 Å². The summed E-state index contributed by atoms with van der Waals surface area (Å²) in [5.41, 5.74) is 15.5. The molecule has 0 aromatic carbocycles. The Balaban J connectivity index is 0.000000356. The molecule has 1 aliphatic rings. The predicted octanol–water partition coefficient (Wildman–Crippen LogP) is 3.99. The Bertz CT molecular complexity index is 1280. The van der Waals surface area contributed by atoms with E-state index in [4.69, 9.17) is 11.5 Å². The number of amides is 1. The first kappa shape index (κ1) is 24.1. The number of hydrogen-bond acceptors (Lipinski definition) is 8. The zero-order chi connectivity index (χ0) is 24.8. The Morgan fingerprint density at radius 1 is 1.03 bits per heavy atom. The van der Waals surface area contributed by atoms with E-state index in [1.54, 1.807) is 30.7 Å². The van der Waals surface area contributed by atoms with Crippen LogP contribution in [0, 0.1) is 13.8 Å². The Hall–Kier alpha value is -4.05. The summed E-state index contributed by atoms with van der Waals surface area (Å²) in [6.45, 7) is 3.80. The molecule has 0 unspecified atom stereocenters. The maximum Gasteiger partial charge on any atom is 0.276 e. The molecule has 4 aromatic heterocycles. The molecule has 182 valence electrons. The highest BCUT2D eigenvalue weighted by Crippen LogP contribution is 2.28. The molecule has 1 saturated carbocycles. The van der Waals surface area contributed by atoms with Gasteiger partial charge in [0.2, 0.25) is 0 Å². The van der Waals surface area contributed by atoms with Crippen LogP contribution in [0.3, 0.4) is 0 Å². The van der Waals surface area contributed by atoms with Crippen LogP contribution >= 0.6 is 0 Å². The number of carbonyl (C=O) groups is 1. The summed E-state index contributed by atoms with van der Waals surface area (Å²) in [7, 11) is 0. The quantitative estimate of drug-likeness (QED) is 0.347. The number of rotatable bonds is 4. The average Bonchev–Trinajstić information content (AvgIpc) is 3.28. The average molecular weight is 474 g/mol. The Kier molecular flexibility index (Phi) is 7.51. The van der Waals surface area contributed by atoms with Gasteiger partial charge in [-0.05, 0) is 50.5 Å². The summed E-state index contributed by atoms with van der Waals surface area (Å²) in [6, 6.07) is 7.74. The van der Waals surface area contributed by atoms with E-state index in [0.29, 0.717) is 28.9 Å². The van der Waals surface area contributed by atoms with Gasteiger partial charge in [-0.2, -0.15) is 0 Å². The molecular formula is C25H31N9O. The normalized spacial score (nSPS) is 13.7. The first-order valence-corrected chi connectivity index (χ1v) is 11.7. The van der Waals surface area contributed by atoms with Crippen molar-refractivity contribution >= 4 is 34.6 Å². The molecule has 10 nitrogen and oxygen atoms in total. The molecular weight excluding hydrogens is 442 g/mol. The fourth-order valence-corrected chi connectivity index (χ4v) is 3.83. The van der Waals surface area contributed by atoms with E-state index in [-0.39, 0.29) is 17.4 Å². The topological polar surface area (TPSA) is 149 Å². The highest BCUT2D eigenvalue weighted by molar-refractivity contribution is 6.03. The highest BCUT2D eigenvalue weighted by Gasteiger charge is 2.19. The van der Waals surface area contributed by atoms with Gasteiger partial charge >= 0.3 is 0 Å². The van der Waals surface area contributed by atoms with E-state index in [0.717, 1.165) is 11.1 Å². The lowest BCUT2D eigenvalue weighted by Crippen LogP contribution is -2.22. The number of anilines is 4. The maximum atomic E-state index is 12.7. The van der Waals surface area contributed by atoms with Gasteiger partial charge in [0.25, 0.3) is 5.91 Å². The molecule has 4 aromatic rings. The van der Waals surface area contributed by atoms with Crippen LogP contribution in [0.15, 0.2) is 49.1 Å². The molecule has 1 fully saturated rings. The minimum absolute atomic E-state index is 0.262. The van der Waals surface area contributed by atoms with Crippen LogP contribution in [0.5, 0.6) is 0 Å². The fourth-order valence-electron chi connectivity index (χ4n) is 3.83. The molecule has 1 amide bonds. The lowest BCUT2D eigenvalue weighted by Gasteiger charge is -2.15. The number of nitrogens with two attached hydrogens (primary N) is 2. The molecule has 0 bridgehead atoms. The molecule has 5 rings (SSSR count). The van der Waals surface area contributed by atoms with E-state index < -0.39 is 0 Å². The predicted molar refractivity (Wildman–Crippen MR) is 138 cm³/mol. The van der Waals surface area contributed by atoms with Crippen molar-refractivity contribution in [2.45, 2.75) is 52.0 Å². The Morgan fingerprint density at radius 2 is 1.77 bits per heavy atom. The SMILES string of the molecule is Cc1ccc(Nc2c(C)c(N)nn3c(C(=O)Nc4ccncc4)cnc23)nc1.NC1CCCCC1. The van der Waals surface area contributed by atoms with Crippen LogP contribution in [0.25, 0.3) is 5.65 Å². The molecule has 1 aliphatic carbocycles. The smallest absolute Gasteiger partial charge is 0.276 e. The van der Waals surface area contributed by atoms with Crippen LogP contribution in [-0.4, -0.2) is 36.5 Å². The van der Waals surface area contributed by atoms with Crippen molar-refractivity contribution in [1.82, 2.24) is 24.6 Å². The second-order valence-electron chi connectivity index (χ2n) is 8.70. The third kappa shape index (κ3) is 5.90. The van der Waals surface area contributed by atoms with Gasteiger partial charge in [0.1, 0.15) is 11.6 Å². The summed E-state index contributed by atoms with van der Waals surface area (Å²) in [4.78, 5) is 25.4. The number of aryl methyl sites for hydroxylation is 1. The van der Waals surface area contributed by atoms with Crippen molar-refractivity contribution in [2.24, 2.45) is 5.73 Å². The second-order valence-corrected chi connectivity index (χ2v) is 8.70. The molecule has 0 atom stereocenters. The molecule has 4 heterocycles. The minimum atomic E-state index is -0.353. The van der Waals surface area contributed by atoms with Crippen molar-refractivity contribution in [3.63, 3.8) is 0 Å². The summed E-state index contributed by atoms with van der Waals surface area (Å²) < 4.78 is 1.43. The second kappa shape index (κ2) is 10.9. The van der Waals surface area contributed by atoms with Gasteiger partial charge in [-0.25, -0.2) is 14.5 Å². The fraction of sp³-hybridized carbons (Fsp3) is 0.320. The van der Waals surface area contributed by atoms with Crippen LogP contribution in [0.4, 0.5) is 23.0 Å². The maximum absolute atomic E-state index is 12.7. The van der Waals surface area contributed by atoms with Crippen LogP contribution in [0.1, 0.15) is 53.7 Å². The number of nitrogens with one attached hydrogen (secondary N) is 2. The number of imidazole rings is 1. The first-order valence-electron chi connectivity index (χ1n) is 11.7. The van der Waals surface area contributed by atoms with Crippen molar-refractivity contribution in [2.75, 3.05) is 16.4 Å². The van der Waals surface area contributed by atoms with Crippen LogP contribution in [-0.2, 0) is 0 Å². The summed E-state index contributed by atoms with van der Waals surface area (Å²) in [5.74, 6) is 0.582. The first-order chi connectivity index (χ1) is 16.9. The third-order valence-corrected chi connectivity index (χ3v) is 5.91. The summed E-state index contributed by atoms with van der Waals surface area (Å²) in [6.07, 6.45) is 13.1. The van der Waals surface area contributed by atoms with Crippen LogP contribution in [0.2, 0.25) is 0 Å². The van der Waals surface area contributed by atoms with Crippen molar-refractivity contribution < 1.29 is 4.79 Å². The lowest BCUT2D eigenvalue weighted by atomic mass is 9.97. The number of hydrogen-bond donors (Lipinski definition) is 4. The molecule has 0 radical (unpaired) electrons. The Morgan fingerprint density at radius 3 is 2.40 bits per heavy atom. The Labute approximate surface area is 204 Å². The van der Waals surface area contributed by atoms with Gasteiger partial charge in [0.05, 0.1) is 11.9 Å². The van der Waals surface area contributed by atoms with E-state index in [9.17, 15) is 4.79 Å². The summed E-state index contributed by atoms with van der Waals surface area (Å²) >= 11 is 0. The number of nitrogens with zero attached hydrogens (tertiary/aromatic N) is 5. The van der Waals surface area contributed by atoms with E-state index >= 15 is 0 Å². The van der Waals surface area contributed by atoms with Gasteiger partial charge in [-0.3, -0.25) is 9.78 Å². The molecule has 10 heteroatoms. The summed E-state index contributed by atoms with van der Waals surface area (Å²) in [5, 5.41) is 10.3. The van der Waals surface area contributed by atoms with Crippen molar-refractivity contribution in [3.8, 4) is 0 Å². The molecule has 0 spiro atoms. The number of carbonyl (C=O) groups excluding carboxylic acids is 1. The van der Waals surface area contributed by atoms with E-state index in [2.05, 4.69) is 30.7 Å². The van der Waals surface area contributed by atoms with Gasteiger partial charge in [0.15, 0.2) is 11.3 Å². The monoisotopic (exact) mass is 473 g/mol. The van der Waals surface area contributed by atoms with Crippen molar-refractivity contribution in [1.29, 1.82) is 0 Å². The number of aromatic nitrogens is 5. The minimum Gasteiger partial charge on any atom is -0.382 e.